The molecule has 0 heterocycles. The third-order valence-corrected chi connectivity index (χ3v) is 12.5. The van der Waals surface area contributed by atoms with E-state index in [1.165, 1.54) is 136 Å². The molecule has 0 saturated carbocycles. The molecular weight excluding hydrogens is 697 g/mol. The summed E-state index contributed by atoms with van der Waals surface area (Å²) >= 11 is 8.69. The normalized spacial score (nSPS) is 12.6. The van der Waals surface area contributed by atoms with Crippen molar-refractivity contribution in [1.29, 1.82) is 0 Å². The van der Waals surface area contributed by atoms with E-state index in [2.05, 4.69) is 98.1 Å². The highest BCUT2D eigenvalue weighted by atomic mass is 32.1. The molecule has 0 spiro atoms. The van der Waals surface area contributed by atoms with E-state index in [0.29, 0.717) is 37.2 Å². The summed E-state index contributed by atoms with van der Waals surface area (Å²) in [4.78, 5) is 0. The lowest BCUT2D eigenvalue weighted by Crippen LogP contribution is -2.06. The number of hydrogen-bond acceptors (Lipinski definition) is 4. The lowest BCUT2D eigenvalue weighted by molar-refractivity contribution is 0.463. The van der Waals surface area contributed by atoms with Crippen molar-refractivity contribution in [3.8, 4) is 11.5 Å². The summed E-state index contributed by atoms with van der Waals surface area (Å²) in [7, 11) is 0. The lowest BCUT2D eigenvalue weighted by Gasteiger charge is -2.20. The Balaban J connectivity index is 1.35. The molecule has 1 aliphatic carbocycles. The molecule has 2 nitrogen and oxygen atoms in total. The Bertz CT molecular complexity index is 1480. The van der Waals surface area contributed by atoms with Crippen molar-refractivity contribution in [3.05, 3.63) is 128 Å². The summed E-state index contributed by atoms with van der Waals surface area (Å²) in [6.45, 7) is 0. The van der Waals surface area contributed by atoms with Gasteiger partial charge in [0.1, 0.15) is 11.5 Å². The molecule has 5 rings (SSSR count). The van der Waals surface area contributed by atoms with E-state index >= 15 is 0 Å². The van der Waals surface area contributed by atoms with Gasteiger partial charge in [0.25, 0.3) is 0 Å². The van der Waals surface area contributed by atoms with Crippen molar-refractivity contribution < 1.29 is 10.2 Å². The van der Waals surface area contributed by atoms with Gasteiger partial charge in [-0.3, -0.25) is 0 Å². The van der Waals surface area contributed by atoms with E-state index in [9.17, 15) is 10.2 Å². The fraction of sp³-hybridized carbons (Fsp3) is 0.520. The summed E-state index contributed by atoms with van der Waals surface area (Å²) < 4.78 is 0. The second-order valence-electron chi connectivity index (χ2n) is 16.0. The lowest BCUT2D eigenvalue weighted by atomic mass is 9.85. The van der Waals surface area contributed by atoms with Crippen LogP contribution in [-0.2, 0) is 38.5 Å². The Kier molecular flexibility index (Phi) is 18.8. The van der Waals surface area contributed by atoms with E-state index < -0.39 is 0 Å². The van der Waals surface area contributed by atoms with Gasteiger partial charge in [0.15, 0.2) is 0 Å². The first-order valence-corrected chi connectivity index (χ1v) is 22.9. The number of fused-ring (bicyclic) bond motifs is 8. The minimum atomic E-state index is 0.448. The summed E-state index contributed by atoms with van der Waals surface area (Å²) in [5, 5.41) is 23.7. The molecule has 54 heavy (non-hydrogen) atoms. The fourth-order valence-electron chi connectivity index (χ4n) is 8.66. The zero-order valence-corrected chi connectivity index (χ0v) is 34.9. The van der Waals surface area contributed by atoms with Crippen LogP contribution in [0.4, 0.5) is 0 Å². The summed E-state index contributed by atoms with van der Waals surface area (Å²) in [5.41, 5.74) is 12.0. The molecule has 292 valence electrons. The fourth-order valence-corrected chi connectivity index (χ4v) is 9.11. The molecule has 0 aromatic heterocycles. The van der Waals surface area contributed by atoms with Crippen LogP contribution in [0.15, 0.2) is 72.8 Å². The molecule has 0 atom stereocenters. The Labute approximate surface area is 339 Å². The predicted molar refractivity (Wildman–Crippen MR) is 239 cm³/mol. The number of aromatic hydroxyl groups is 2. The van der Waals surface area contributed by atoms with Gasteiger partial charge in [0.05, 0.1) is 0 Å². The van der Waals surface area contributed by atoms with Crippen molar-refractivity contribution >= 4 is 25.3 Å². The molecule has 0 radical (unpaired) electrons. The van der Waals surface area contributed by atoms with E-state index in [1.807, 2.05) is 0 Å². The number of hydrogen-bond donors (Lipinski definition) is 4. The van der Waals surface area contributed by atoms with Crippen molar-refractivity contribution in [2.75, 3.05) is 11.5 Å². The van der Waals surface area contributed by atoms with Gasteiger partial charge in [-0.2, -0.15) is 25.3 Å². The van der Waals surface area contributed by atoms with Crippen LogP contribution in [0.3, 0.4) is 0 Å². The van der Waals surface area contributed by atoms with Gasteiger partial charge in [0.2, 0.25) is 0 Å². The van der Waals surface area contributed by atoms with E-state index in [1.54, 1.807) is 0 Å². The van der Waals surface area contributed by atoms with Gasteiger partial charge in [-0.05, 0) is 106 Å². The standard InChI is InChI=1S/C50H68O2S2/c51-49-43-27-21-29-45(49)37-41-25-20-26-42(48(41)32-16-12-8-4-2-6-10-14-18-34-54)38-46-30-22-28-44(50(46)52)36-40-24-19-23-39(35-43)47(40)31-15-11-7-3-1-5-9-13-17-33-53/h19-30,51-54H,1-18,31-38H2. The highest BCUT2D eigenvalue weighted by Gasteiger charge is 2.19. The van der Waals surface area contributed by atoms with Crippen LogP contribution in [0.1, 0.15) is 171 Å². The number of thiol groups is 2. The molecule has 8 bridgehead atoms. The average molecular weight is 765 g/mol. The Morgan fingerprint density at radius 1 is 0.315 bits per heavy atom. The number of phenolic OH excluding ortho intramolecular Hbond substituents is 2. The second-order valence-corrected chi connectivity index (χ2v) is 16.9. The van der Waals surface area contributed by atoms with Gasteiger partial charge in [-0.25, -0.2) is 0 Å². The molecule has 4 aromatic carbocycles. The molecular formula is C50H68O2S2. The Morgan fingerprint density at radius 2 is 0.537 bits per heavy atom. The minimum Gasteiger partial charge on any atom is -0.507 e. The largest absolute Gasteiger partial charge is 0.507 e. The molecule has 0 saturated heterocycles. The number of para-hydroxylation sites is 2. The molecule has 0 unspecified atom stereocenters. The summed E-state index contributed by atoms with van der Waals surface area (Å²) in [6.07, 6.45) is 28.0. The van der Waals surface area contributed by atoms with Crippen LogP contribution in [0, 0.1) is 0 Å². The first kappa shape index (κ1) is 42.3. The molecule has 4 aromatic rings. The van der Waals surface area contributed by atoms with Gasteiger partial charge in [0, 0.05) is 25.7 Å². The van der Waals surface area contributed by atoms with Crippen LogP contribution < -0.4 is 0 Å². The van der Waals surface area contributed by atoms with Crippen molar-refractivity contribution in [3.63, 3.8) is 0 Å². The van der Waals surface area contributed by atoms with E-state index in [-0.39, 0.29) is 0 Å². The van der Waals surface area contributed by atoms with Crippen LogP contribution >= 0.6 is 25.3 Å². The minimum absolute atomic E-state index is 0.448. The monoisotopic (exact) mass is 764 g/mol. The van der Waals surface area contributed by atoms with Gasteiger partial charge < -0.3 is 10.2 Å². The second kappa shape index (κ2) is 24.0. The summed E-state index contributed by atoms with van der Waals surface area (Å²) in [6, 6.07) is 26.1. The Hall–Kier alpha value is -2.82. The molecule has 4 heteroatoms. The first-order valence-electron chi connectivity index (χ1n) is 21.6. The van der Waals surface area contributed by atoms with Crippen LogP contribution in [0.25, 0.3) is 0 Å². The molecule has 0 aliphatic heterocycles. The smallest absolute Gasteiger partial charge is 0.122 e. The average Bonchev–Trinajstić information content (AvgIpc) is 3.17. The van der Waals surface area contributed by atoms with Crippen molar-refractivity contribution in [2.45, 2.75) is 154 Å². The van der Waals surface area contributed by atoms with Gasteiger partial charge >= 0.3 is 0 Å². The zero-order chi connectivity index (χ0) is 37.8. The molecule has 2 N–H and O–H groups in total. The highest BCUT2D eigenvalue weighted by Crippen LogP contribution is 2.35. The van der Waals surface area contributed by atoms with E-state index in [4.69, 9.17) is 0 Å². The molecule has 0 amide bonds. The summed E-state index contributed by atoms with van der Waals surface area (Å²) in [5.74, 6) is 2.91. The first-order chi connectivity index (χ1) is 26.6. The number of phenols is 2. The van der Waals surface area contributed by atoms with Crippen LogP contribution in [0.5, 0.6) is 11.5 Å². The van der Waals surface area contributed by atoms with Gasteiger partial charge in [-0.15, -0.1) is 0 Å². The maximum Gasteiger partial charge on any atom is 0.122 e. The maximum atomic E-state index is 11.8. The van der Waals surface area contributed by atoms with Crippen LogP contribution in [0.2, 0.25) is 0 Å². The maximum absolute atomic E-state index is 11.8. The molecule has 1 aliphatic rings. The van der Waals surface area contributed by atoms with E-state index in [0.717, 1.165) is 59.4 Å². The topological polar surface area (TPSA) is 40.5 Å². The third kappa shape index (κ3) is 13.1. The SMILES string of the molecule is Oc1c2cccc1Cc1cccc(c1CCCCCCCCCCCS)Cc1cccc(c1O)Cc1cccc(c1CCCCCCCCCCCS)C2. The van der Waals surface area contributed by atoms with Crippen LogP contribution in [-0.4, -0.2) is 21.7 Å². The highest BCUT2D eigenvalue weighted by molar-refractivity contribution is 7.80. The zero-order valence-electron chi connectivity index (χ0n) is 33.1. The van der Waals surface area contributed by atoms with Gasteiger partial charge in [-0.1, -0.05) is 163 Å². The quantitative estimate of drug-likeness (QED) is 0.0419. The number of rotatable bonds is 22. The van der Waals surface area contributed by atoms with Crippen molar-refractivity contribution in [1.82, 2.24) is 0 Å². The Morgan fingerprint density at radius 3 is 0.796 bits per heavy atom. The molecule has 0 fully saturated rings. The number of benzene rings is 4. The third-order valence-electron chi connectivity index (χ3n) is 11.8. The van der Waals surface area contributed by atoms with Crippen molar-refractivity contribution in [2.24, 2.45) is 0 Å². The number of unbranched alkanes of at least 4 members (excludes halogenated alkanes) is 16. The predicted octanol–water partition coefficient (Wildman–Crippen LogP) is 13.7.